The predicted molar refractivity (Wildman–Crippen MR) is 84.8 cm³/mol. The first-order valence-electron chi connectivity index (χ1n) is 6.28. The van der Waals surface area contributed by atoms with E-state index in [0.29, 0.717) is 4.88 Å². The second-order valence-corrected chi connectivity index (χ2v) is 6.19. The Labute approximate surface area is 139 Å². The topological polar surface area (TPSA) is 105 Å². The summed E-state index contributed by atoms with van der Waals surface area (Å²) in [7, 11) is 2.40. The van der Waals surface area contributed by atoms with Gasteiger partial charge in [-0.05, 0) is 11.4 Å². The lowest BCUT2D eigenvalue weighted by molar-refractivity contribution is 0.0457. The van der Waals surface area contributed by atoms with E-state index in [9.17, 15) is 14.4 Å². The van der Waals surface area contributed by atoms with E-state index in [1.165, 1.54) is 25.6 Å². The van der Waals surface area contributed by atoms with Gasteiger partial charge in [-0.25, -0.2) is 14.4 Å². The third-order valence-corrected chi connectivity index (χ3v) is 4.76. The van der Waals surface area contributed by atoms with E-state index in [0.717, 1.165) is 11.3 Å². The number of anilines is 1. The number of carbonyl (C=O) groups excluding carboxylic acids is 3. The number of nitrogens with two attached hydrogens (primary N) is 1. The van der Waals surface area contributed by atoms with Crippen LogP contribution in [-0.2, 0) is 20.8 Å². The van der Waals surface area contributed by atoms with Crippen molar-refractivity contribution in [2.75, 3.05) is 20.0 Å². The molecule has 0 aromatic carbocycles. The molecule has 0 aliphatic rings. The second kappa shape index (κ2) is 7.25. The first-order valence-corrected chi connectivity index (χ1v) is 7.97. The zero-order valence-corrected chi connectivity index (χ0v) is 13.9. The highest BCUT2D eigenvalue weighted by Gasteiger charge is 2.28. The van der Waals surface area contributed by atoms with Crippen molar-refractivity contribution in [2.24, 2.45) is 0 Å². The third-order valence-electron chi connectivity index (χ3n) is 2.86. The molecule has 0 spiro atoms. The number of thiophene rings is 2. The van der Waals surface area contributed by atoms with Gasteiger partial charge in [-0.2, -0.15) is 0 Å². The van der Waals surface area contributed by atoms with Crippen molar-refractivity contribution in [2.45, 2.75) is 6.61 Å². The first kappa shape index (κ1) is 17.0. The van der Waals surface area contributed by atoms with Gasteiger partial charge in [0.05, 0.1) is 14.2 Å². The van der Waals surface area contributed by atoms with Crippen molar-refractivity contribution in [3.63, 3.8) is 0 Å². The fraction of sp³-hybridized carbons (Fsp3) is 0.214. The van der Waals surface area contributed by atoms with E-state index in [4.69, 9.17) is 10.5 Å². The minimum Gasteiger partial charge on any atom is -0.465 e. The van der Waals surface area contributed by atoms with Gasteiger partial charge in [0.2, 0.25) is 0 Å². The second-order valence-electron chi connectivity index (χ2n) is 4.19. The van der Waals surface area contributed by atoms with Crippen LogP contribution in [0.5, 0.6) is 0 Å². The van der Waals surface area contributed by atoms with Crippen molar-refractivity contribution >= 4 is 45.6 Å². The molecule has 7 nitrogen and oxygen atoms in total. The van der Waals surface area contributed by atoms with Gasteiger partial charge in [-0.15, -0.1) is 22.7 Å². The molecule has 2 heterocycles. The standard InChI is InChI=1S/C14H13NO6S2/c1-19-13(17)9-7(10(14(18)20-2)23-11(9)15)6-21-12(16)8-4-3-5-22-8/h3-5H,6,15H2,1-2H3. The van der Waals surface area contributed by atoms with Crippen LogP contribution in [0, 0.1) is 0 Å². The molecule has 9 heteroatoms. The van der Waals surface area contributed by atoms with Gasteiger partial charge in [0.15, 0.2) is 0 Å². The Morgan fingerprint density at radius 1 is 1.13 bits per heavy atom. The molecule has 0 atom stereocenters. The van der Waals surface area contributed by atoms with Crippen molar-refractivity contribution in [1.29, 1.82) is 0 Å². The number of rotatable bonds is 5. The molecular formula is C14H13NO6S2. The number of carbonyl (C=O) groups is 3. The van der Waals surface area contributed by atoms with E-state index >= 15 is 0 Å². The largest absolute Gasteiger partial charge is 0.465 e. The van der Waals surface area contributed by atoms with Gasteiger partial charge in [-0.3, -0.25) is 0 Å². The summed E-state index contributed by atoms with van der Waals surface area (Å²) in [6, 6.07) is 3.32. The van der Waals surface area contributed by atoms with Crippen molar-refractivity contribution in [3.05, 3.63) is 38.4 Å². The maximum Gasteiger partial charge on any atom is 0.348 e. The lowest BCUT2D eigenvalue weighted by Gasteiger charge is -2.07. The van der Waals surface area contributed by atoms with Crippen LogP contribution in [0.3, 0.4) is 0 Å². The predicted octanol–water partition coefficient (Wildman–Crippen LogP) is 2.32. The van der Waals surface area contributed by atoms with Crippen LogP contribution in [0.4, 0.5) is 5.00 Å². The monoisotopic (exact) mass is 355 g/mol. The molecule has 0 bridgehead atoms. The summed E-state index contributed by atoms with van der Waals surface area (Å²) in [6.45, 7) is -0.292. The van der Waals surface area contributed by atoms with Crippen LogP contribution in [0.25, 0.3) is 0 Å². The van der Waals surface area contributed by atoms with Crippen molar-refractivity contribution in [3.8, 4) is 0 Å². The Bertz CT molecular complexity index is 735. The average Bonchev–Trinajstić information content (AvgIpc) is 3.19. The van der Waals surface area contributed by atoms with Gasteiger partial charge in [0, 0.05) is 5.56 Å². The lowest BCUT2D eigenvalue weighted by atomic mass is 10.1. The molecule has 0 saturated heterocycles. The minimum atomic E-state index is -0.712. The highest BCUT2D eigenvalue weighted by atomic mass is 32.1. The molecule has 0 amide bonds. The molecule has 2 rings (SSSR count). The van der Waals surface area contributed by atoms with Crippen molar-refractivity contribution in [1.82, 2.24) is 0 Å². The smallest absolute Gasteiger partial charge is 0.348 e. The average molecular weight is 355 g/mol. The maximum absolute atomic E-state index is 11.9. The molecule has 2 aromatic heterocycles. The molecule has 0 saturated carbocycles. The van der Waals surface area contributed by atoms with Crippen LogP contribution in [0.15, 0.2) is 17.5 Å². The number of hydrogen-bond acceptors (Lipinski definition) is 9. The fourth-order valence-corrected chi connectivity index (χ4v) is 3.40. The van der Waals surface area contributed by atoms with E-state index < -0.39 is 17.9 Å². The number of methoxy groups -OCH3 is 2. The summed E-state index contributed by atoms with van der Waals surface area (Å²) in [5.74, 6) is -1.94. The summed E-state index contributed by atoms with van der Waals surface area (Å²) < 4.78 is 14.5. The van der Waals surface area contributed by atoms with Crippen LogP contribution < -0.4 is 5.73 Å². The zero-order chi connectivity index (χ0) is 17.0. The van der Waals surface area contributed by atoms with Gasteiger partial charge < -0.3 is 19.9 Å². The van der Waals surface area contributed by atoms with Crippen LogP contribution in [0.2, 0.25) is 0 Å². The van der Waals surface area contributed by atoms with Crippen LogP contribution >= 0.6 is 22.7 Å². The minimum absolute atomic E-state index is 0.0110. The van der Waals surface area contributed by atoms with Gasteiger partial charge in [0.25, 0.3) is 0 Å². The number of hydrogen-bond donors (Lipinski definition) is 1. The highest BCUT2D eigenvalue weighted by molar-refractivity contribution is 7.18. The Morgan fingerprint density at radius 2 is 1.83 bits per heavy atom. The molecule has 23 heavy (non-hydrogen) atoms. The van der Waals surface area contributed by atoms with Crippen LogP contribution in [-0.4, -0.2) is 32.1 Å². The zero-order valence-electron chi connectivity index (χ0n) is 12.3. The molecule has 2 aromatic rings. The maximum atomic E-state index is 11.9. The summed E-state index contributed by atoms with van der Waals surface area (Å²) in [5, 5.41) is 1.83. The number of esters is 3. The first-order chi connectivity index (χ1) is 11.0. The molecule has 0 radical (unpaired) electrons. The molecule has 0 aliphatic carbocycles. The van der Waals surface area contributed by atoms with E-state index in [1.807, 2.05) is 0 Å². The quantitative estimate of drug-likeness (QED) is 0.648. The summed E-state index contributed by atoms with van der Waals surface area (Å²) in [4.78, 5) is 36.1. The van der Waals surface area contributed by atoms with E-state index in [1.54, 1.807) is 17.5 Å². The third kappa shape index (κ3) is 3.51. The van der Waals surface area contributed by atoms with Crippen LogP contribution in [0.1, 0.15) is 35.3 Å². The molecule has 122 valence electrons. The lowest BCUT2D eigenvalue weighted by Crippen LogP contribution is -2.12. The Hall–Kier alpha value is -2.39. The number of ether oxygens (including phenoxy) is 3. The summed E-state index contributed by atoms with van der Waals surface area (Å²) >= 11 is 2.10. The van der Waals surface area contributed by atoms with Crippen molar-refractivity contribution < 1.29 is 28.6 Å². The van der Waals surface area contributed by atoms with E-state index in [-0.39, 0.29) is 27.6 Å². The normalized spacial score (nSPS) is 10.2. The van der Waals surface area contributed by atoms with Gasteiger partial charge in [-0.1, -0.05) is 6.07 Å². The van der Waals surface area contributed by atoms with E-state index in [2.05, 4.69) is 9.47 Å². The molecular weight excluding hydrogens is 342 g/mol. The highest BCUT2D eigenvalue weighted by Crippen LogP contribution is 2.33. The number of nitrogen functional groups attached to an aromatic ring is 1. The summed E-state index contributed by atoms with van der Waals surface area (Å²) in [5.41, 5.74) is 5.97. The molecule has 0 aliphatic heterocycles. The van der Waals surface area contributed by atoms with Gasteiger partial charge >= 0.3 is 17.9 Å². The van der Waals surface area contributed by atoms with Gasteiger partial charge in [0.1, 0.15) is 26.9 Å². The molecule has 0 fully saturated rings. The Morgan fingerprint density at radius 3 is 2.39 bits per heavy atom. The Balaban J connectivity index is 2.32. The Kier molecular flexibility index (Phi) is 5.35. The SMILES string of the molecule is COC(=O)c1sc(N)c(C(=O)OC)c1COC(=O)c1cccs1. The fourth-order valence-electron chi connectivity index (χ4n) is 1.81. The molecule has 0 unspecified atom stereocenters. The summed E-state index contributed by atoms with van der Waals surface area (Å²) in [6.07, 6.45) is 0. The molecule has 2 N–H and O–H groups in total.